The molecule has 2 heterocycles. The average Bonchev–Trinajstić information content (AvgIpc) is 3.11. The summed E-state index contributed by atoms with van der Waals surface area (Å²) in [5.41, 5.74) is 0.827. The van der Waals surface area contributed by atoms with Crippen molar-refractivity contribution in [3.8, 4) is 11.5 Å². The maximum Gasteiger partial charge on any atom is 0.260 e. The van der Waals surface area contributed by atoms with Crippen LogP contribution in [0.1, 0.15) is 44.5 Å². The van der Waals surface area contributed by atoms with Gasteiger partial charge in [0, 0.05) is 19.5 Å². The number of likely N-dealkylation sites (tertiary alicyclic amines) is 1. The zero-order valence-corrected chi connectivity index (χ0v) is 17.7. The molecule has 1 N–H and O–H groups in total. The molecule has 0 unspecified atom stereocenters. The normalized spacial score (nSPS) is 14.3. The van der Waals surface area contributed by atoms with Crippen LogP contribution in [0.2, 0.25) is 0 Å². The van der Waals surface area contributed by atoms with Gasteiger partial charge in [-0.25, -0.2) is 0 Å². The van der Waals surface area contributed by atoms with Crippen LogP contribution >= 0.6 is 12.2 Å². The van der Waals surface area contributed by atoms with Crippen molar-refractivity contribution < 1.29 is 14.3 Å². The van der Waals surface area contributed by atoms with Gasteiger partial charge in [-0.15, -0.1) is 0 Å². The van der Waals surface area contributed by atoms with Gasteiger partial charge in [-0.1, -0.05) is 6.92 Å². The van der Waals surface area contributed by atoms with Crippen LogP contribution in [-0.4, -0.2) is 58.2 Å². The molecule has 29 heavy (non-hydrogen) atoms. The molecular weight excluding hydrogens is 390 g/mol. The Hall–Kier alpha value is -2.68. The molecule has 156 valence electrons. The van der Waals surface area contributed by atoms with E-state index in [1.807, 2.05) is 30.9 Å². The monoisotopic (exact) mass is 417 g/mol. The van der Waals surface area contributed by atoms with E-state index in [-0.39, 0.29) is 12.5 Å². The van der Waals surface area contributed by atoms with Crippen LogP contribution in [0, 0.1) is 4.77 Å². The highest BCUT2D eigenvalue weighted by Gasteiger charge is 2.17. The number of carbonyl (C=O) groups excluding carboxylic acids is 1. The van der Waals surface area contributed by atoms with E-state index >= 15 is 0 Å². The first kappa shape index (κ1) is 21.0. The fourth-order valence-electron chi connectivity index (χ4n) is 3.16. The molecule has 1 aromatic heterocycles. The van der Waals surface area contributed by atoms with Crippen LogP contribution in [0.3, 0.4) is 0 Å². The molecule has 1 fully saturated rings. The number of H-pyrrole nitrogens is 1. The van der Waals surface area contributed by atoms with Gasteiger partial charge in [0.2, 0.25) is 4.77 Å². The number of nitrogens with one attached hydrogen (secondary N) is 1. The Labute approximate surface area is 175 Å². The molecule has 0 saturated carbocycles. The summed E-state index contributed by atoms with van der Waals surface area (Å²) in [6.07, 6.45) is 5.71. The lowest BCUT2D eigenvalue weighted by Crippen LogP contribution is -2.38. The Morgan fingerprint density at radius 1 is 1.24 bits per heavy atom. The van der Waals surface area contributed by atoms with E-state index in [1.54, 1.807) is 17.0 Å². The quantitative estimate of drug-likeness (QED) is 0.527. The summed E-state index contributed by atoms with van der Waals surface area (Å²) < 4.78 is 13.5. The average molecular weight is 418 g/mol. The van der Waals surface area contributed by atoms with Crippen molar-refractivity contribution in [2.45, 2.75) is 39.5 Å². The first-order chi connectivity index (χ1) is 14.1. The number of hydrogen-bond donors (Lipinski definition) is 1. The van der Waals surface area contributed by atoms with Crippen molar-refractivity contribution >= 4 is 24.3 Å². The van der Waals surface area contributed by atoms with Gasteiger partial charge in [0.25, 0.3) is 5.91 Å². The minimum Gasteiger partial charge on any atom is -0.490 e. The third kappa shape index (κ3) is 5.44. The Morgan fingerprint density at radius 3 is 2.76 bits per heavy atom. The number of amides is 1. The summed E-state index contributed by atoms with van der Waals surface area (Å²) in [7, 11) is 0. The van der Waals surface area contributed by atoms with E-state index in [2.05, 4.69) is 15.3 Å². The lowest BCUT2D eigenvalue weighted by Gasteiger charge is -2.26. The van der Waals surface area contributed by atoms with Crippen molar-refractivity contribution in [2.75, 3.05) is 26.3 Å². The van der Waals surface area contributed by atoms with Gasteiger partial charge >= 0.3 is 0 Å². The van der Waals surface area contributed by atoms with Gasteiger partial charge in [0.1, 0.15) is 0 Å². The zero-order valence-electron chi connectivity index (χ0n) is 16.9. The van der Waals surface area contributed by atoms with Gasteiger partial charge in [-0.2, -0.15) is 14.9 Å². The maximum atomic E-state index is 12.4. The molecule has 3 rings (SSSR count). The van der Waals surface area contributed by atoms with E-state index in [0.717, 1.165) is 37.3 Å². The van der Waals surface area contributed by atoms with Crippen LogP contribution < -0.4 is 9.47 Å². The molecule has 0 spiro atoms. The molecule has 1 aliphatic rings. The summed E-state index contributed by atoms with van der Waals surface area (Å²) in [5, 5.41) is 11.3. The fraction of sp³-hybridized carbons (Fsp3) is 0.500. The highest BCUT2D eigenvalue weighted by molar-refractivity contribution is 7.71. The minimum absolute atomic E-state index is 0.0115. The number of piperidine rings is 1. The standard InChI is InChI=1S/C20H27N5O3S/c1-3-18-22-23-20(29)25(18)21-13-15-8-9-16(17(12-15)27-4-2)28-14-19(26)24-10-6-5-7-11-24/h8-9,12-13H,3-7,10-11,14H2,1-2H3,(H,23,29)/b21-13+. The Balaban J connectivity index is 1.71. The number of carbonyl (C=O) groups is 1. The van der Waals surface area contributed by atoms with Gasteiger partial charge in [0.15, 0.2) is 23.9 Å². The summed E-state index contributed by atoms with van der Waals surface area (Å²) >= 11 is 5.21. The summed E-state index contributed by atoms with van der Waals surface area (Å²) in [6, 6.07) is 5.50. The number of aromatic nitrogens is 3. The third-order valence-corrected chi connectivity index (χ3v) is 4.95. The summed E-state index contributed by atoms with van der Waals surface area (Å²) in [5.74, 6) is 1.89. The van der Waals surface area contributed by atoms with Crippen molar-refractivity contribution in [1.82, 2.24) is 19.8 Å². The molecule has 1 aliphatic heterocycles. The predicted molar refractivity (Wildman–Crippen MR) is 113 cm³/mol. The molecular formula is C20H27N5O3S. The Kier molecular flexibility index (Phi) is 7.40. The lowest BCUT2D eigenvalue weighted by atomic mass is 10.1. The van der Waals surface area contributed by atoms with Crippen LogP contribution in [0.5, 0.6) is 11.5 Å². The van der Waals surface area contributed by atoms with E-state index < -0.39 is 0 Å². The molecule has 0 bridgehead atoms. The molecule has 0 radical (unpaired) electrons. The van der Waals surface area contributed by atoms with Gasteiger partial charge < -0.3 is 14.4 Å². The van der Waals surface area contributed by atoms with Gasteiger partial charge in [0.05, 0.1) is 12.8 Å². The van der Waals surface area contributed by atoms with Crippen molar-refractivity contribution in [3.05, 3.63) is 34.4 Å². The molecule has 1 saturated heterocycles. The van der Waals surface area contributed by atoms with Crippen LogP contribution in [-0.2, 0) is 11.2 Å². The first-order valence-electron chi connectivity index (χ1n) is 10.0. The second-order valence-corrected chi connectivity index (χ2v) is 7.11. The molecule has 9 heteroatoms. The summed E-state index contributed by atoms with van der Waals surface area (Å²) in [6.45, 7) is 6.02. The number of hydrogen-bond acceptors (Lipinski definition) is 6. The Morgan fingerprint density at radius 2 is 2.03 bits per heavy atom. The number of ether oxygens (including phenoxy) is 2. The molecule has 1 amide bonds. The van der Waals surface area contributed by atoms with Crippen LogP contribution in [0.25, 0.3) is 0 Å². The van der Waals surface area contributed by atoms with E-state index in [4.69, 9.17) is 21.7 Å². The molecule has 8 nitrogen and oxygen atoms in total. The number of aryl methyl sites for hydroxylation is 1. The predicted octanol–water partition coefficient (Wildman–Crippen LogP) is 3.18. The van der Waals surface area contributed by atoms with Crippen molar-refractivity contribution in [1.29, 1.82) is 0 Å². The molecule has 1 aromatic carbocycles. The van der Waals surface area contributed by atoms with Crippen molar-refractivity contribution in [3.63, 3.8) is 0 Å². The summed E-state index contributed by atoms with van der Waals surface area (Å²) in [4.78, 5) is 14.2. The van der Waals surface area contributed by atoms with E-state index in [1.165, 1.54) is 6.42 Å². The molecule has 2 aromatic rings. The van der Waals surface area contributed by atoms with E-state index in [9.17, 15) is 4.79 Å². The largest absolute Gasteiger partial charge is 0.490 e. The highest BCUT2D eigenvalue weighted by Crippen LogP contribution is 2.28. The third-order valence-electron chi connectivity index (χ3n) is 4.68. The highest BCUT2D eigenvalue weighted by atomic mass is 32.1. The van der Waals surface area contributed by atoms with E-state index in [0.29, 0.717) is 29.3 Å². The van der Waals surface area contributed by atoms with Gasteiger partial charge in [-0.3, -0.25) is 9.89 Å². The first-order valence-corrected chi connectivity index (χ1v) is 10.4. The van der Waals surface area contributed by atoms with Crippen molar-refractivity contribution in [2.24, 2.45) is 5.10 Å². The Bertz CT molecular complexity index is 915. The number of rotatable bonds is 8. The van der Waals surface area contributed by atoms with Crippen LogP contribution in [0.15, 0.2) is 23.3 Å². The van der Waals surface area contributed by atoms with Crippen LogP contribution in [0.4, 0.5) is 0 Å². The van der Waals surface area contributed by atoms with Gasteiger partial charge in [-0.05, 0) is 62.2 Å². The zero-order chi connectivity index (χ0) is 20.6. The maximum absolute atomic E-state index is 12.4. The number of aromatic amines is 1. The fourth-order valence-corrected chi connectivity index (χ4v) is 3.36. The number of benzene rings is 1. The minimum atomic E-state index is 0.0115. The topological polar surface area (TPSA) is 84.7 Å². The molecule has 0 atom stereocenters. The smallest absolute Gasteiger partial charge is 0.260 e. The number of nitrogens with zero attached hydrogens (tertiary/aromatic N) is 4. The molecule has 0 aliphatic carbocycles. The lowest BCUT2D eigenvalue weighted by molar-refractivity contribution is -0.134. The second-order valence-electron chi connectivity index (χ2n) is 6.72. The second kappa shape index (κ2) is 10.2. The SMILES string of the molecule is CCOc1cc(/C=N/n2c(CC)n[nH]c2=S)ccc1OCC(=O)N1CCCCC1.